The Balaban J connectivity index is 1.25. The van der Waals surface area contributed by atoms with Crippen LogP contribution >= 0.6 is 0 Å². The van der Waals surface area contributed by atoms with E-state index in [0.29, 0.717) is 18.7 Å². The molecule has 0 aliphatic carbocycles. The van der Waals surface area contributed by atoms with E-state index >= 15 is 0 Å². The highest BCUT2D eigenvalue weighted by Gasteiger charge is 2.41. The lowest BCUT2D eigenvalue weighted by molar-refractivity contribution is -0.139. The number of H-pyrrole nitrogens is 1. The molecule has 1 atom stereocenters. The normalized spacial score (nSPS) is 20.6. The SMILES string of the molecule is CN(C)C1(c2ccccc2)CCN(C(=O)C2CCCN(C(=O)c3ccc4cc[nH]c4c3)C2)CC1. The van der Waals surface area contributed by atoms with Gasteiger partial charge in [-0.05, 0) is 68.9 Å². The second-order valence-electron chi connectivity index (χ2n) is 9.99. The summed E-state index contributed by atoms with van der Waals surface area (Å²) in [5.74, 6) is 0.108. The molecule has 0 bridgehead atoms. The number of carbonyl (C=O) groups is 2. The molecular formula is C28H34N4O2. The number of aromatic amines is 1. The van der Waals surface area contributed by atoms with Gasteiger partial charge in [-0.1, -0.05) is 36.4 Å². The smallest absolute Gasteiger partial charge is 0.253 e. The van der Waals surface area contributed by atoms with Crippen molar-refractivity contribution in [2.24, 2.45) is 5.92 Å². The van der Waals surface area contributed by atoms with Gasteiger partial charge in [0, 0.05) is 49.0 Å². The maximum absolute atomic E-state index is 13.5. The molecule has 5 rings (SSSR count). The van der Waals surface area contributed by atoms with Crippen LogP contribution in [0, 0.1) is 5.92 Å². The second-order valence-corrected chi connectivity index (χ2v) is 9.99. The summed E-state index contributed by atoms with van der Waals surface area (Å²) >= 11 is 0. The molecule has 2 aromatic carbocycles. The number of benzene rings is 2. The highest BCUT2D eigenvalue weighted by atomic mass is 16.2. The molecule has 2 amide bonds. The minimum atomic E-state index is -0.115. The zero-order valence-electron chi connectivity index (χ0n) is 20.2. The van der Waals surface area contributed by atoms with Crippen LogP contribution in [0.3, 0.4) is 0 Å². The Morgan fingerprint density at radius 3 is 2.47 bits per heavy atom. The molecule has 0 saturated carbocycles. The predicted molar refractivity (Wildman–Crippen MR) is 135 cm³/mol. The zero-order valence-corrected chi connectivity index (χ0v) is 20.2. The van der Waals surface area contributed by atoms with Gasteiger partial charge < -0.3 is 14.8 Å². The molecule has 6 nitrogen and oxygen atoms in total. The molecule has 2 fully saturated rings. The van der Waals surface area contributed by atoms with Crippen molar-refractivity contribution in [1.82, 2.24) is 19.7 Å². The van der Waals surface area contributed by atoms with E-state index in [1.807, 2.05) is 40.3 Å². The summed E-state index contributed by atoms with van der Waals surface area (Å²) < 4.78 is 0. The standard InChI is InChI=1S/C28H34N4O2/c1-30(2)28(24-8-4-3-5-9-24)13-17-31(18-14-28)27(34)23-7-6-16-32(20-23)26(33)22-11-10-21-12-15-29-25(21)19-22/h3-5,8-12,15,19,23,29H,6-7,13-14,16-18,20H2,1-2H3. The van der Waals surface area contributed by atoms with Crippen molar-refractivity contribution in [3.63, 3.8) is 0 Å². The van der Waals surface area contributed by atoms with Crippen molar-refractivity contribution >= 4 is 22.7 Å². The first-order chi connectivity index (χ1) is 16.5. The highest BCUT2D eigenvalue weighted by Crippen LogP contribution is 2.38. The molecule has 1 unspecified atom stereocenters. The van der Waals surface area contributed by atoms with Gasteiger partial charge >= 0.3 is 0 Å². The van der Waals surface area contributed by atoms with Crippen LogP contribution < -0.4 is 0 Å². The van der Waals surface area contributed by atoms with Crippen LogP contribution in [0.15, 0.2) is 60.8 Å². The largest absolute Gasteiger partial charge is 0.361 e. The van der Waals surface area contributed by atoms with Gasteiger partial charge in [0.15, 0.2) is 0 Å². The molecule has 3 heterocycles. The molecule has 0 spiro atoms. The van der Waals surface area contributed by atoms with Crippen molar-refractivity contribution in [2.75, 3.05) is 40.3 Å². The van der Waals surface area contributed by atoms with E-state index < -0.39 is 0 Å². The van der Waals surface area contributed by atoms with Gasteiger partial charge in [0.2, 0.25) is 5.91 Å². The Labute approximate surface area is 201 Å². The van der Waals surface area contributed by atoms with Crippen LogP contribution in [0.4, 0.5) is 0 Å². The lowest BCUT2D eigenvalue weighted by Crippen LogP contribution is -2.54. The summed E-state index contributed by atoms with van der Waals surface area (Å²) in [5.41, 5.74) is 2.93. The Hall–Kier alpha value is -3.12. The second kappa shape index (κ2) is 9.26. The van der Waals surface area contributed by atoms with E-state index in [1.165, 1.54) is 5.56 Å². The van der Waals surface area contributed by atoms with E-state index in [-0.39, 0.29) is 23.3 Å². The van der Waals surface area contributed by atoms with Crippen LogP contribution in [0.2, 0.25) is 0 Å². The third kappa shape index (κ3) is 4.11. The fourth-order valence-corrected chi connectivity index (χ4v) is 5.82. The molecule has 34 heavy (non-hydrogen) atoms. The maximum Gasteiger partial charge on any atom is 0.253 e. The van der Waals surface area contributed by atoms with Gasteiger partial charge in [-0.25, -0.2) is 0 Å². The number of nitrogens with zero attached hydrogens (tertiary/aromatic N) is 3. The number of nitrogens with one attached hydrogen (secondary N) is 1. The number of likely N-dealkylation sites (tertiary alicyclic amines) is 2. The number of amides is 2. The van der Waals surface area contributed by atoms with Gasteiger partial charge in [-0.3, -0.25) is 14.5 Å². The summed E-state index contributed by atoms with van der Waals surface area (Å²) in [4.78, 5) is 36.1. The lowest BCUT2D eigenvalue weighted by Gasteiger charge is -2.47. The number of carbonyl (C=O) groups excluding carboxylic acids is 2. The quantitative estimate of drug-likeness (QED) is 0.640. The maximum atomic E-state index is 13.5. The number of piperidine rings is 2. The molecular weight excluding hydrogens is 424 g/mol. The fourth-order valence-electron chi connectivity index (χ4n) is 5.82. The van der Waals surface area contributed by atoms with E-state index in [1.54, 1.807) is 0 Å². The van der Waals surface area contributed by atoms with Gasteiger partial charge in [-0.2, -0.15) is 0 Å². The molecule has 2 aliphatic heterocycles. The molecule has 2 aliphatic rings. The summed E-state index contributed by atoms with van der Waals surface area (Å²) in [5, 5.41) is 1.10. The minimum Gasteiger partial charge on any atom is -0.361 e. The molecule has 2 saturated heterocycles. The summed E-state index contributed by atoms with van der Waals surface area (Å²) in [6.07, 6.45) is 5.44. The molecule has 1 N–H and O–H groups in total. The third-order valence-electron chi connectivity index (χ3n) is 7.93. The van der Waals surface area contributed by atoms with Crippen molar-refractivity contribution in [2.45, 2.75) is 31.2 Å². The minimum absolute atomic E-state index is 0.0170. The highest BCUT2D eigenvalue weighted by molar-refractivity contribution is 5.98. The van der Waals surface area contributed by atoms with Crippen molar-refractivity contribution < 1.29 is 9.59 Å². The van der Waals surface area contributed by atoms with Crippen molar-refractivity contribution in [1.29, 1.82) is 0 Å². The third-order valence-corrected chi connectivity index (χ3v) is 7.93. The molecule has 0 radical (unpaired) electrons. The first kappa shape index (κ1) is 22.7. The molecule has 178 valence electrons. The lowest BCUT2D eigenvalue weighted by atomic mass is 9.79. The number of aromatic nitrogens is 1. The first-order valence-electron chi connectivity index (χ1n) is 12.4. The Morgan fingerprint density at radius 2 is 1.74 bits per heavy atom. The number of hydrogen-bond donors (Lipinski definition) is 1. The van der Waals surface area contributed by atoms with E-state index in [4.69, 9.17) is 0 Å². The molecule has 1 aromatic heterocycles. The van der Waals surface area contributed by atoms with Crippen molar-refractivity contribution in [3.05, 3.63) is 71.9 Å². The first-order valence-corrected chi connectivity index (χ1v) is 12.4. The predicted octanol–water partition coefficient (Wildman–Crippen LogP) is 4.10. The van der Waals surface area contributed by atoms with Gasteiger partial charge in [0.1, 0.15) is 0 Å². The summed E-state index contributed by atoms with van der Waals surface area (Å²) in [6.45, 7) is 2.72. The van der Waals surface area contributed by atoms with Gasteiger partial charge in [-0.15, -0.1) is 0 Å². The van der Waals surface area contributed by atoms with Gasteiger partial charge in [0.05, 0.1) is 5.92 Å². The number of fused-ring (bicyclic) bond motifs is 1. The topological polar surface area (TPSA) is 59.6 Å². The van der Waals surface area contributed by atoms with Crippen molar-refractivity contribution in [3.8, 4) is 0 Å². The Morgan fingerprint density at radius 1 is 0.971 bits per heavy atom. The Kier molecular flexibility index (Phi) is 6.17. The summed E-state index contributed by atoms with van der Waals surface area (Å²) in [7, 11) is 4.28. The van der Waals surface area contributed by atoms with Crippen LogP contribution in [0.5, 0.6) is 0 Å². The van der Waals surface area contributed by atoms with Crippen LogP contribution in [0.25, 0.3) is 10.9 Å². The molecule has 3 aromatic rings. The Bertz CT molecular complexity index is 1160. The van der Waals surface area contributed by atoms with E-state index in [9.17, 15) is 9.59 Å². The van der Waals surface area contributed by atoms with Crippen LogP contribution in [-0.4, -0.2) is 71.8 Å². The average Bonchev–Trinajstić information content (AvgIpc) is 3.36. The van der Waals surface area contributed by atoms with Crippen LogP contribution in [0.1, 0.15) is 41.6 Å². The number of hydrogen-bond acceptors (Lipinski definition) is 3. The molecule has 6 heteroatoms. The zero-order chi connectivity index (χ0) is 23.7. The van der Waals surface area contributed by atoms with E-state index in [2.05, 4.69) is 54.3 Å². The van der Waals surface area contributed by atoms with E-state index in [0.717, 1.165) is 49.7 Å². The monoisotopic (exact) mass is 458 g/mol. The summed E-state index contributed by atoms with van der Waals surface area (Å²) in [6, 6.07) is 18.4. The fraction of sp³-hybridized carbons (Fsp3) is 0.429. The number of rotatable bonds is 4. The van der Waals surface area contributed by atoms with Gasteiger partial charge in [0.25, 0.3) is 5.91 Å². The average molecular weight is 459 g/mol. The van der Waals surface area contributed by atoms with Crippen LogP contribution in [-0.2, 0) is 10.3 Å².